The largest absolute Gasteiger partial charge is 0.491 e. The van der Waals surface area contributed by atoms with Crippen molar-refractivity contribution in [2.24, 2.45) is 0 Å². The monoisotopic (exact) mass is 282 g/mol. The molecule has 0 heterocycles. The number of carbonyl (C=O) groups excluding carboxylic acids is 1. The molecule has 1 atom stereocenters. The number of nitro benzene ring substituents is 1. The fourth-order valence-electron chi connectivity index (χ4n) is 1.54. The third-order valence-corrected chi connectivity index (χ3v) is 2.57. The quantitative estimate of drug-likeness (QED) is 0.441. The molecule has 0 aliphatic rings. The van der Waals surface area contributed by atoms with E-state index in [2.05, 4.69) is 10.1 Å². The summed E-state index contributed by atoms with van der Waals surface area (Å²) in [5, 5.41) is 13.6. The van der Waals surface area contributed by atoms with Gasteiger partial charge in [-0.2, -0.15) is 0 Å². The molecule has 1 aromatic rings. The maximum atomic E-state index is 11.5. The lowest BCUT2D eigenvalue weighted by Crippen LogP contribution is -2.42. The van der Waals surface area contributed by atoms with Gasteiger partial charge in [0, 0.05) is 6.07 Å². The van der Waals surface area contributed by atoms with Gasteiger partial charge in [-0.05, 0) is 19.0 Å². The van der Waals surface area contributed by atoms with Crippen LogP contribution in [0.1, 0.15) is 13.3 Å². The van der Waals surface area contributed by atoms with Crippen LogP contribution in [-0.2, 0) is 9.53 Å². The Balaban J connectivity index is 2.64. The van der Waals surface area contributed by atoms with Crippen molar-refractivity contribution >= 4 is 11.7 Å². The standard InChI is InChI=1S/C13H18N2O5/c1-3-7-14-12(13(16)19-2)9-20-11-6-4-5-10(8-11)15(17)18/h4-6,8,12,14H,3,7,9H2,1-2H3. The molecule has 0 aliphatic heterocycles. The molecule has 7 nitrogen and oxygen atoms in total. The number of methoxy groups -OCH3 is 1. The minimum atomic E-state index is -0.598. The molecule has 20 heavy (non-hydrogen) atoms. The van der Waals surface area contributed by atoms with Crippen LogP contribution in [0, 0.1) is 10.1 Å². The third kappa shape index (κ3) is 4.85. The molecule has 0 amide bonds. The fraction of sp³-hybridized carbons (Fsp3) is 0.462. The first kappa shape index (κ1) is 15.9. The van der Waals surface area contributed by atoms with E-state index in [1.165, 1.54) is 25.3 Å². The Kier molecular flexibility index (Phi) is 6.45. The van der Waals surface area contributed by atoms with E-state index in [9.17, 15) is 14.9 Å². The molecule has 1 aromatic carbocycles. The normalized spacial score (nSPS) is 11.7. The minimum Gasteiger partial charge on any atom is -0.491 e. The van der Waals surface area contributed by atoms with Crippen LogP contribution in [0.2, 0.25) is 0 Å². The first-order chi connectivity index (χ1) is 9.58. The smallest absolute Gasteiger partial charge is 0.326 e. The van der Waals surface area contributed by atoms with Crippen molar-refractivity contribution < 1.29 is 19.2 Å². The summed E-state index contributed by atoms with van der Waals surface area (Å²) in [4.78, 5) is 21.7. The van der Waals surface area contributed by atoms with E-state index in [4.69, 9.17) is 4.74 Å². The zero-order valence-corrected chi connectivity index (χ0v) is 11.5. The highest BCUT2D eigenvalue weighted by Gasteiger charge is 2.19. The summed E-state index contributed by atoms with van der Waals surface area (Å²) in [6.07, 6.45) is 0.865. The summed E-state index contributed by atoms with van der Waals surface area (Å²) in [6.45, 7) is 2.68. The minimum absolute atomic E-state index is 0.0494. The molecule has 0 saturated carbocycles. The third-order valence-electron chi connectivity index (χ3n) is 2.57. The number of hydrogen-bond acceptors (Lipinski definition) is 6. The highest BCUT2D eigenvalue weighted by atomic mass is 16.6. The zero-order chi connectivity index (χ0) is 15.0. The van der Waals surface area contributed by atoms with Gasteiger partial charge in [-0.25, -0.2) is 0 Å². The number of rotatable bonds is 8. The van der Waals surface area contributed by atoms with Crippen molar-refractivity contribution in [3.63, 3.8) is 0 Å². The average Bonchev–Trinajstić information content (AvgIpc) is 2.47. The first-order valence-corrected chi connectivity index (χ1v) is 6.27. The lowest BCUT2D eigenvalue weighted by atomic mass is 10.3. The second kappa shape index (κ2) is 8.11. The van der Waals surface area contributed by atoms with Crippen LogP contribution in [0.25, 0.3) is 0 Å². The Labute approximate surface area is 117 Å². The number of carbonyl (C=O) groups is 1. The SMILES string of the molecule is CCCNC(COc1cccc([N+](=O)[O-])c1)C(=O)OC. The van der Waals surface area contributed by atoms with Crippen LogP contribution >= 0.6 is 0 Å². The van der Waals surface area contributed by atoms with Gasteiger partial charge in [0.2, 0.25) is 0 Å². The number of nitrogens with one attached hydrogen (secondary N) is 1. The van der Waals surface area contributed by atoms with Gasteiger partial charge in [0.25, 0.3) is 5.69 Å². The Bertz CT molecular complexity index is 464. The summed E-state index contributed by atoms with van der Waals surface area (Å²) < 4.78 is 10.1. The van der Waals surface area contributed by atoms with Crippen LogP contribution in [0.3, 0.4) is 0 Å². The summed E-state index contributed by atoms with van der Waals surface area (Å²) in [6, 6.07) is 5.22. The van der Waals surface area contributed by atoms with Gasteiger partial charge in [0.1, 0.15) is 18.4 Å². The Morgan fingerprint density at radius 3 is 2.85 bits per heavy atom. The van der Waals surface area contributed by atoms with E-state index in [1.807, 2.05) is 6.92 Å². The highest BCUT2D eigenvalue weighted by Crippen LogP contribution is 2.19. The van der Waals surface area contributed by atoms with Crippen LogP contribution in [0.5, 0.6) is 5.75 Å². The molecule has 0 bridgehead atoms. The van der Waals surface area contributed by atoms with Crippen molar-refractivity contribution in [1.29, 1.82) is 0 Å². The van der Waals surface area contributed by atoms with Gasteiger partial charge in [0.05, 0.1) is 18.1 Å². The summed E-state index contributed by atoms with van der Waals surface area (Å²) in [7, 11) is 1.30. The van der Waals surface area contributed by atoms with Crippen molar-refractivity contribution in [3.8, 4) is 5.75 Å². The molecule has 0 fully saturated rings. The second-order valence-electron chi connectivity index (χ2n) is 4.10. The van der Waals surface area contributed by atoms with Crippen LogP contribution in [0.15, 0.2) is 24.3 Å². The number of benzene rings is 1. The first-order valence-electron chi connectivity index (χ1n) is 6.27. The summed E-state index contributed by atoms with van der Waals surface area (Å²) in [5.74, 6) is -0.0877. The predicted molar refractivity (Wildman–Crippen MR) is 72.7 cm³/mol. The van der Waals surface area contributed by atoms with Gasteiger partial charge < -0.3 is 14.8 Å². The molecule has 0 saturated heterocycles. The van der Waals surface area contributed by atoms with Crippen molar-refractivity contribution in [2.45, 2.75) is 19.4 Å². The maximum absolute atomic E-state index is 11.5. The molecule has 0 spiro atoms. The number of hydrogen-bond donors (Lipinski definition) is 1. The Morgan fingerprint density at radius 2 is 2.25 bits per heavy atom. The van der Waals surface area contributed by atoms with Gasteiger partial charge in [-0.1, -0.05) is 13.0 Å². The number of nitro groups is 1. The van der Waals surface area contributed by atoms with Gasteiger partial charge in [-0.15, -0.1) is 0 Å². The van der Waals surface area contributed by atoms with E-state index >= 15 is 0 Å². The van der Waals surface area contributed by atoms with E-state index < -0.39 is 16.9 Å². The maximum Gasteiger partial charge on any atom is 0.326 e. The van der Waals surface area contributed by atoms with E-state index in [1.54, 1.807) is 6.07 Å². The van der Waals surface area contributed by atoms with E-state index in [-0.39, 0.29) is 12.3 Å². The average molecular weight is 282 g/mol. The van der Waals surface area contributed by atoms with Crippen molar-refractivity contribution in [3.05, 3.63) is 34.4 Å². The number of nitrogens with zero attached hydrogens (tertiary/aromatic N) is 1. The Morgan fingerprint density at radius 1 is 1.50 bits per heavy atom. The van der Waals surface area contributed by atoms with Gasteiger partial charge >= 0.3 is 5.97 Å². The van der Waals surface area contributed by atoms with Gasteiger partial charge in [0.15, 0.2) is 0 Å². The van der Waals surface area contributed by atoms with Crippen LogP contribution in [0.4, 0.5) is 5.69 Å². The molecule has 0 radical (unpaired) electrons. The molecule has 0 aromatic heterocycles. The number of non-ortho nitro benzene ring substituents is 1. The number of esters is 1. The van der Waals surface area contributed by atoms with E-state index in [0.717, 1.165) is 6.42 Å². The van der Waals surface area contributed by atoms with E-state index in [0.29, 0.717) is 12.3 Å². The molecule has 1 N–H and O–H groups in total. The van der Waals surface area contributed by atoms with Crippen LogP contribution < -0.4 is 10.1 Å². The van der Waals surface area contributed by atoms with Crippen LogP contribution in [-0.4, -0.2) is 37.2 Å². The lowest BCUT2D eigenvalue weighted by molar-refractivity contribution is -0.384. The highest BCUT2D eigenvalue weighted by molar-refractivity contribution is 5.75. The molecule has 0 aliphatic carbocycles. The molecule has 110 valence electrons. The fourth-order valence-corrected chi connectivity index (χ4v) is 1.54. The predicted octanol–water partition coefficient (Wildman–Crippen LogP) is 1.51. The lowest BCUT2D eigenvalue weighted by Gasteiger charge is -2.16. The summed E-state index contributed by atoms with van der Waals surface area (Å²) >= 11 is 0. The van der Waals surface area contributed by atoms with Crippen molar-refractivity contribution in [1.82, 2.24) is 5.32 Å². The molecule has 1 unspecified atom stereocenters. The molecule has 1 rings (SSSR count). The molecular formula is C13H18N2O5. The molecular weight excluding hydrogens is 264 g/mol. The molecule has 7 heteroatoms. The zero-order valence-electron chi connectivity index (χ0n) is 11.5. The summed E-state index contributed by atoms with van der Waals surface area (Å²) in [5.41, 5.74) is -0.0568. The topological polar surface area (TPSA) is 90.7 Å². The Hall–Kier alpha value is -2.15. The van der Waals surface area contributed by atoms with Gasteiger partial charge in [-0.3, -0.25) is 14.9 Å². The number of ether oxygens (including phenoxy) is 2. The second-order valence-corrected chi connectivity index (χ2v) is 4.10. The van der Waals surface area contributed by atoms with Crippen molar-refractivity contribution in [2.75, 3.05) is 20.3 Å².